The van der Waals surface area contributed by atoms with E-state index in [4.69, 9.17) is 9.47 Å². The molecule has 2 heterocycles. The number of benzene rings is 3. The quantitative estimate of drug-likeness (QED) is 0.254. The fraction of sp³-hybridized carbons (Fsp3) is 0.424. The minimum atomic E-state index is -3.86. The van der Waals surface area contributed by atoms with Gasteiger partial charge in [-0.05, 0) is 87.1 Å². The van der Waals surface area contributed by atoms with Gasteiger partial charge in [-0.3, -0.25) is 4.79 Å². The summed E-state index contributed by atoms with van der Waals surface area (Å²) in [5.41, 5.74) is 4.18. The predicted octanol–water partition coefficient (Wildman–Crippen LogP) is 5.68. The number of sulfonamides is 1. The molecule has 234 valence electrons. The van der Waals surface area contributed by atoms with E-state index < -0.39 is 27.3 Å². The van der Waals surface area contributed by atoms with E-state index in [0.717, 1.165) is 33.3 Å². The summed E-state index contributed by atoms with van der Waals surface area (Å²) in [6.45, 7) is 12.1. The molecule has 44 heavy (non-hydrogen) atoms. The summed E-state index contributed by atoms with van der Waals surface area (Å²) >= 11 is 0. The van der Waals surface area contributed by atoms with Gasteiger partial charge in [0, 0.05) is 19.0 Å². The molecule has 1 aliphatic heterocycles. The van der Waals surface area contributed by atoms with Gasteiger partial charge < -0.3 is 14.6 Å². The molecular weight excluding hydrogens is 580 g/mol. The molecule has 0 aliphatic carbocycles. The van der Waals surface area contributed by atoms with E-state index in [-0.39, 0.29) is 24.1 Å². The molecule has 0 saturated heterocycles. The number of rotatable bonds is 9. The first kappa shape index (κ1) is 31.5. The largest absolute Gasteiger partial charge is 0.494 e. The van der Waals surface area contributed by atoms with Crippen LogP contribution in [-0.4, -0.2) is 58.6 Å². The van der Waals surface area contributed by atoms with E-state index in [9.17, 15) is 18.3 Å². The number of hydrogen-bond donors (Lipinski definition) is 1. The van der Waals surface area contributed by atoms with Gasteiger partial charge >= 0.3 is 5.97 Å². The van der Waals surface area contributed by atoms with Gasteiger partial charge in [0.2, 0.25) is 10.0 Å². The molecule has 2 atom stereocenters. The van der Waals surface area contributed by atoms with Crippen molar-refractivity contribution in [2.24, 2.45) is 5.41 Å². The number of carbonyl (C=O) groups is 1. The molecule has 0 bridgehead atoms. The van der Waals surface area contributed by atoms with Crippen molar-refractivity contribution < 1.29 is 27.8 Å². The minimum Gasteiger partial charge on any atom is -0.494 e. The molecule has 1 N–H and O–H groups in total. The zero-order valence-electron chi connectivity index (χ0n) is 26.3. The zero-order valence-corrected chi connectivity index (χ0v) is 27.1. The topological polar surface area (TPSA) is 124 Å². The first-order valence-corrected chi connectivity index (χ1v) is 16.3. The average molecular weight is 621 g/mol. The second kappa shape index (κ2) is 11.9. The summed E-state index contributed by atoms with van der Waals surface area (Å²) in [7, 11) is -2.29. The Morgan fingerprint density at radius 2 is 1.89 bits per heavy atom. The second-order valence-electron chi connectivity index (χ2n) is 11.9. The molecule has 1 aliphatic rings. The second-order valence-corrected chi connectivity index (χ2v) is 13.8. The highest BCUT2D eigenvalue weighted by Gasteiger charge is 2.41. The van der Waals surface area contributed by atoms with Crippen molar-refractivity contribution in [2.75, 3.05) is 13.7 Å². The lowest BCUT2D eigenvalue weighted by atomic mass is 9.69. The number of methoxy groups -OCH3 is 1. The van der Waals surface area contributed by atoms with E-state index in [1.54, 1.807) is 49.9 Å². The third-order valence-electron chi connectivity index (χ3n) is 8.82. The molecule has 0 fully saturated rings. The lowest BCUT2D eigenvalue weighted by Crippen LogP contribution is -2.36. The van der Waals surface area contributed by atoms with E-state index in [2.05, 4.69) is 10.3 Å². The normalized spacial score (nSPS) is 17.5. The third kappa shape index (κ3) is 5.32. The molecule has 0 unspecified atom stereocenters. The van der Waals surface area contributed by atoms with Gasteiger partial charge in [-0.15, -0.1) is 5.10 Å². The number of hydrogen-bond acceptors (Lipinski definition) is 7. The Morgan fingerprint density at radius 3 is 2.55 bits per heavy atom. The molecule has 0 saturated carbocycles. The average Bonchev–Trinajstić information content (AvgIpc) is 3.39. The van der Waals surface area contributed by atoms with Crippen molar-refractivity contribution in [3.8, 4) is 11.5 Å². The molecule has 5 rings (SSSR count). The summed E-state index contributed by atoms with van der Waals surface area (Å²) in [6.07, 6.45) is 0.328. The number of carboxylic acid groups (broad SMARTS) is 1. The molecule has 4 aromatic rings. The molecule has 1 aromatic heterocycles. The van der Waals surface area contributed by atoms with E-state index >= 15 is 0 Å². The summed E-state index contributed by atoms with van der Waals surface area (Å²) in [4.78, 5) is 12.9. The van der Waals surface area contributed by atoms with Crippen molar-refractivity contribution in [2.45, 2.75) is 78.0 Å². The van der Waals surface area contributed by atoms with Crippen LogP contribution in [0.2, 0.25) is 0 Å². The number of aromatic nitrogens is 3. The third-order valence-corrected chi connectivity index (χ3v) is 10.7. The lowest BCUT2D eigenvalue weighted by Gasteiger charge is -2.33. The number of nitrogens with zero attached hydrogens (tertiary/aromatic N) is 4. The molecule has 10 nitrogen and oxygen atoms in total. The van der Waals surface area contributed by atoms with Crippen LogP contribution in [0.25, 0.3) is 11.0 Å². The summed E-state index contributed by atoms with van der Waals surface area (Å²) in [5.74, 6) is -0.658. The Hall–Kier alpha value is -3.96. The van der Waals surface area contributed by atoms with Crippen LogP contribution in [0.4, 0.5) is 0 Å². The van der Waals surface area contributed by atoms with Gasteiger partial charge in [0.05, 0.1) is 19.1 Å². The van der Waals surface area contributed by atoms with Gasteiger partial charge in [0.15, 0.2) is 0 Å². The van der Waals surface area contributed by atoms with Crippen molar-refractivity contribution in [3.05, 3.63) is 76.3 Å². The first-order valence-electron chi connectivity index (χ1n) is 14.8. The van der Waals surface area contributed by atoms with Crippen LogP contribution in [0.1, 0.15) is 67.9 Å². The van der Waals surface area contributed by atoms with Crippen molar-refractivity contribution in [1.29, 1.82) is 0 Å². The molecule has 0 spiro atoms. The summed E-state index contributed by atoms with van der Waals surface area (Å²) in [6, 6.07) is 14.4. The highest BCUT2D eigenvalue weighted by molar-refractivity contribution is 7.89. The van der Waals surface area contributed by atoms with Crippen LogP contribution in [-0.2, 0) is 27.9 Å². The number of aryl methyl sites for hydroxylation is 3. The molecule has 3 aromatic carbocycles. The SMILES string of the molecule is CC[C@@H]1CN(Cc2cc([C@H](c3cc(OC)c4c(nnn4CC)c3C)C(C)(C)C(=O)O)ccc2C)S(=O)(=O)c2ccccc2O1. The molecule has 0 radical (unpaired) electrons. The Bertz CT molecular complexity index is 1830. The smallest absolute Gasteiger partial charge is 0.310 e. The van der Waals surface area contributed by atoms with Gasteiger partial charge in [0.1, 0.15) is 33.5 Å². The van der Waals surface area contributed by atoms with Crippen LogP contribution < -0.4 is 9.47 Å². The number of carboxylic acids is 1. The van der Waals surface area contributed by atoms with Crippen molar-refractivity contribution in [3.63, 3.8) is 0 Å². The van der Waals surface area contributed by atoms with E-state index in [1.165, 1.54) is 4.31 Å². The molecule has 11 heteroatoms. The van der Waals surface area contributed by atoms with Crippen LogP contribution in [0.5, 0.6) is 11.5 Å². The number of fused-ring (bicyclic) bond motifs is 2. The zero-order chi connectivity index (χ0) is 32.0. The van der Waals surface area contributed by atoms with Crippen LogP contribution in [0.3, 0.4) is 0 Å². The maximum atomic E-state index is 13.9. The Labute approximate surface area is 258 Å². The van der Waals surface area contributed by atoms with Gasteiger partial charge in [0.25, 0.3) is 0 Å². The standard InChI is InChI=1S/C33H40N4O6S/c1-8-24-19-36(44(40,41)28-13-11-10-12-26(28)43-24)18-23-16-22(15-14-20(23)3)29(33(5,6)32(38)39)25-17-27(42-7)31-30(21(25)4)34-35-37(31)9-2/h10-17,24,29H,8-9,18-19H2,1-7H3,(H,38,39)/t24-,29-/m1/s1. The summed E-state index contributed by atoms with van der Waals surface area (Å²) < 4.78 is 42.9. The minimum absolute atomic E-state index is 0.114. The number of para-hydroxylation sites is 1. The maximum Gasteiger partial charge on any atom is 0.310 e. The van der Waals surface area contributed by atoms with Crippen molar-refractivity contribution >= 4 is 27.0 Å². The highest BCUT2D eigenvalue weighted by atomic mass is 32.2. The lowest BCUT2D eigenvalue weighted by molar-refractivity contribution is -0.147. The Kier molecular flexibility index (Phi) is 8.48. The summed E-state index contributed by atoms with van der Waals surface area (Å²) in [5, 5.41) is 19.2. The fourth-order valence-corrected chi connectivity index (χ4v) is 7.66. The van der Waals surface area contributed by atoms with Crippen LogP contribution in [0, 0.1) is 19.3 Å². The van der Waals surface area contributed by atoms with Gasteiger partial charge in [-0.1, -0.05) is 42.5 Å². The van der Waals surface area contributed by atoms with Crippen LogP contribution in [0.15, 0.2) is 53.4 Å². The van der Waals surface area contributed by atoms with Crippen molar-refractivity contribution in [1.82, 2.24) is 19.3 Å². The molecule has 0 amide bonds. The maximum absolute atomic E-state index is 13.9. The Balaban J connectivity index is 1.66. The van der Waals surface area contributed by atoms with Gasteiger partial charge in [-0.2, -0.15) is 4.31 Å². The monoisotopic (exact) mass is 620 g/mol. The fourth-order valence-electron chi connectivity index (χ4n) is 6.08. The van der Waals surface area contributed by atoms with E-state index in [1.807, 2.05) is 52.0 Å². The number of ether oxygens (including phenoxy) is 2. The first-order chi connectivity index (χ1) is 20.8. The van der Waals surface area contributed by atoms with Crippen LogP contribution >= 0.6 is 0 Å². The Morgan fingerprint density at radius 1 is 1.16 bits per heavy atom. The number of aliphatic carboxylic acids is 1. The van der Waals surface area contributed by atoms with Gasteiger partial charge in [-0.25, -0.2) is 13.1 Å². The van der Waals surface area contributed by atoms with E-state index in [0.29, 0.717) is 30.0 Å². The molecular formula is C33H40N4O6S. The highest BCUT2D eigenvalue weighted by Crippen LogP contribution is 2.46. The predicted molar refractivity (Wildman–Crippen MR) is 168 cm³/mol.